The Morgan fingerprint density at radius 1 is 0.842 bits per heavy atom. The third-order valence-electron chi connectivity index (χ3n) is 3.36. The summed E-state index contributed by atoms with van der Waals surface area (Å²) in [4.78, 5) is 27.4. The number of amides is 2. The molecule has 0 rings (SSSR count). The second-order valence-corrected chi connectivity index (χ2v) is 5.62. The molecule has 112 valence electrons. The lowest BCUT2D eigenvalue weighted by Crippen LogP contribution is -2.48. The largest absolute Gasteiger partial charge is 0.369 e. The Labute approximate surface area is 116 Å². The zero-order valence-corrected chi connectivity index (χ0v) is 12.6. The Morgan fingerprint density at radius 2 is 1.16 bits per heavy atom. The molecule has 0 bridgehead atoms. The summed E-state index contributed by atoms with van der Waals surface area (Å²) >= 11 is 0. The fraction of sp³-hybridized carbons (Fsp3) is 0.846. The normalized spacial score (nSPS) is 12.1. The first-order valence-corrected chi connectivity index (χ1v) is 6.61. The maximum atomic E-state index is 11.7. The zero-order valence-electron chi connectivity index (χ0n) is 12.6. The predicted octanol–water partition coefficient (Wildman–Crippen LogP) is -0.373. The molecule has 0 unspecified atom stereocenters. The van der Waals surface area contributed by atoms with E-state index in [1.807, 2.05) is 38.0 Å². The molecule has 0 aliphatic rings. The molecule has 0 radical (unpaired) electrons. The van der Waals surface area contributed by atoms with Gasteiger partial charge in [-0.25, -0.2) is 0 Å². The van der Waals surface area contributed by atoms with Crippen molar-refractivity contribution in [1.29, 1.82) is 0 Å². The SMILES string of the molecule is CN(C)CCCC(CCCN(C)C)(C(N)=O)C(N)=O. The van der Waals surface area contributed by atoms with E-state index in [-0.39, 0.29) is 0 Å². The lowest BCUT2D eigenvalue weighted by molar-refractivity contribution is -0.141. The Morgan fingerprint density at radius 3 is 1.37 bits per heavy atom. The first kappa shape index (κ1) is 17.9. The summed E-state index contributed by atoms with van der Waals surface area (Å²) in [6, 6.07) is 0. The first-order chi connectivity index (χ1) is 8.72. The van der Waals surface area contributed by atoms with Crippen LogP contribution in [0.1, 0.15) is 25.7 Å². The van der Waals surface area contributed by atoms with E-state index >= 15 is 0 Å². The van der Waals surface area contributed by atoms with Gasteiger partial charge in [-0.15, -0.1) is 0 Å². The van der Waals surface area contributed by atoms with Crippen molar-refractivity contribution in [2.24, 2.45) is 16.9 Å². The lowest BCUT2D eigenvalue weighted by atomic mass is 9.77. The van der Waals surface area contributed by atoms with Crippen LogP contribution in [0.2, 0.25) is 0 Å². The molecular weight excluding hydrogens is 244 g/mol. The van der Waals surface area contributed by atoms with Gasteiger partial charge < -0.3 is 21.3 Å². The Balaban J connectivity index is 4.69. The van der Waals surface area contributed by atoms with E-state index in [2.05, 4.69) is 0 Å². The highest BCUT2D eigenvalue weighted by molar-refractivity contribution is 6.03. The molecule has 2 amide bonds. The Kier molecular flexibility index (Phi) is 7.63. The number of hydrogen-bond acceptors (Lipinski definition) is 4. The molecule has 0 aromatic heterocycles. The maximum absolute atomic E-state index is 11.7. The van der Waals surface area contributed by atoms with Crippen LogP contribution in [-0.2, 0) is 9.59 Å². The molecule has 0 saturated heterocycles. The second kappa shape index (κ2) is 8.12. The molecule has 19 heavy (non-hydrogen) atoms. The van der Waals surface area contributed by atoms with Crippen molar-refractivity contribution >= 4 is 11.8 Å². The molecule has 0 atom stereocenters. The summed E-state index contributed by atoms with van der Waals surface area (Å²) < 4.78 is 0. The van der Waals surface area contributed by atoms with Gasteiger partial charge in [0.2, 0.25) is 11.8 Å². The molecule has 0 aliphatic carbocycles. The van der Waals surface area contributed by atoms with E-state index in [4.69, 9.17) is 11.5 Å². The predicted molar refractivity (Wildman–Crippen MR) is 76.4 cm³/mol. The summed E-state index contributed by atoms with van der Waals surface area (Å²) in [6.45, 7) is 1.60. The maximum Gasteiger partial charge on any atom is 0.233 e. The van der Waals surface area contributed by atoms with Crippen molar-refractivity contribution in [2.75, 3.05) is 41.3 Å². The van der Waals surface area contributed by atoms with Gasteiger partial charge in [-0.05, 0) is 67.0 Å². The van der Waals surface area contributed by atoms with Crippen LogP contribution in [0.5, 0.6) is 0 Å². The molecular formula is C13H28N4O2. The van der Waals surface area contributed by atoms with E-state index in [0.717, 1.165) is 25.9 Å². The molecule has 0 heterocycles. The summed E-state index contributed by atoms with van der Waals surface area (Å²) in [5.74, 6) is -1.20. The van der Waals surface area contributed by atoms with Gasteiger partial charge >= 0.3 is 0 Å². The Hall–Kier alpha value is -1.14. The average Bonchev–Trinajstić information content (AvgIpc) is 2.25. The summed E-state index contributed by atoms with van der Waals surface area (Å²) in [7, 11) is 7.79. The summed E-state index contributed by atoms with van der Waals surface area (Å²) in [5.41, 5.74) is 9.68. The van der Waals surface area contributed by atoms with Crippen molar-refractivity contribution in [3.05, 3.63) is 0 Å². The molecule has 6 heteroatoms. The van der Waals surface area contributed by atoms with Crippen LogP contribution in [-0.4, -0.2) is 62.9 Å². The van der Waals surface area contributed by atoms with Crippen molar-refractivity contribution in [1.82, 2.24) is 9.80 Å². The fourth-order valence-corrected chi connectivity index (χ4v) is 2.13. The Bertz CT molecular complexity index is 273. The second-order valence-electron chi connectivity index (χ2n) is 5.62. The molecule has 6 nitrogen and oxygen atoms in total. The van der Waals surface area contributed by atoms with Crippen LogP contribution in [0, 0.1) is 5.41 Å². The number of carbonyl (C=O) groups is 2. The zero-order chi connectivity index (χ0) is 15.1. The highest BCUT2D eigenvalue weighted by Gasteiger charge is 2.41. The number of primary amides is 2. The number of nitrogens with zero attached hydrogens (tertiary/aromatic N) is 2. The van der Waals surface area contributed by atoms with Gasteiger partial charge in [-0.3, -0.25) is 9.59 Å². The minimum absolute atomic E-state index is 0.420. The molecule has 0 spiro atoms. The van der Waals surface area contributed by atoms with Crippen LogP contribution in [0.4, 0.5) is 0 Å². The number of hydrogen-bond donors (Lipinski definition) is 2. The van der Waals surface area contributed by atoms with Crippen molar-refractivity contribution in [2.45, 2.75) is 25.7 Å². The van der Waals surface area contributed by atoms with Gasteiger partial charge in [-0.2, -0.15) is 0 Å². The topological polar surface area (TPSA) is 92.7 Å². The van der Waals surface area contributed by atoms with Gasteiger partial charge in [0.25, 0.3) is 0 Å². The third-order valence-corrected chi connectivity index (χ3v) is 3.36. The van der Waals surface area contributed by atoms with Crippen LogP contribution in [0.15, 0.2) is 0 Å². The van der Waals surface area contributed by atoms with E-state index in [1.165, 1.54) is 0 Å². The van der Waals surface area contributed by atoms with Gasteiger partial charge in [0, 0.05) is 0 Å². The minimum Gasteiger partial charge on any atom is -0.369 e. The number of carbonyl (C=O) groups excluding carboxylic acids is 2. The van der Waals surface area contributed by atoms with Crippen molar-refractivity contribution in [3.8, 4) is 0 Å². The molecule has 4 N–H and O–H groups in total. The highest BCUT2D eigenvalue weighted by Crippen LogP contribution is 2.29. The average molecular weight is 272 g/mol. The van der Waals surface area contributed by atoms with Gasteiger partial charge in [0.05, 0.1) is 0 Å². The third kappa shape index (κ3) is 6.02. The van der Waals surface area contributed by atoms with E-state index in [1.54, 1.807) is 0 Å². The smallest absolute Gasteiger partial charge is 0.233 e. The van der Waals surface area contributed by atoms with Crippen molar-refractivity contribution in [3.63, 3.8) is 0 Å². The van der Waals surface area contributed by atoms with E-state index in [9.17, 15) is 9.59 Å². The summed E-state index contributed by atoms with van der Waals surface area (Å²) in [6.07, 6.45) is 2.29. The van der Waals surface area contributed by atoms with Crippen LogP contribution in [0.3, 0.4) is 0 Å². The van der Waals surface area contributed by atoms with Gasteiger partial charge in [-0.1, -0.05) is 0 Å². The van der Waals surface area contributed by atoms with E-state index < -0.39 is 17.2 Å². The van der Waals surface area contributed by atoms with Gasteiger partial charge in [0.1, 0.15) is 5.41 Å². The summed E-state index contributed by atoms with van der Waals surface area (Å²) in [5, 5.41) is 0. The van der Waals surface area contributed by atoms with Gasteiger partial charge in [0.15, 0.2) is 0 Å². The molecule has 0 aliphatic heterocycles. The molecule has 0 aromatic rings. The highest BCUT2D eigenvalue weighted by atomic mass is 16.2. The first-order valence-electron chi connectivity index (χ1n) is 6.61. The molecule has 0 saturated carbocycles. The molecule has 0 aromatic carbocycles. The van der Waals surface area contributed by atoms with Crippen molar-refractivity contribution < 1.29 is 9.59 Å². The lowest BCUT2D eigenvalue weighted by Gasteiger charge is -2.28. The number of nitrogens with two attached hydrogens (primary N) is 2. The van der Waals surface area contributed by atoms with Crippen LogP contribution >= 0.6 is 0 Å². The monoisotopic (exact) mass is 272 g/mol. The van der Waals surface area contributed by atoms with Crippen LogP contribution in [0.25, 0.3) is 0 Å². The number of rotatable bonds is 10. The van der Waals surface area contributed by atoms with Crippen LogP contribution < -0.4 is 11.5 Å². The minimum atomic E-state index is -1.20. The standard InChI is InChI=1S/C13H28N4O2/c1-16(2)9-5-7-13(11(14)18,12(15)19)8-6-10-17(3)4/h5-10H2,1-4H3,(H2,14,18)(H2,15,19). The fourth-order valence-electron chi connectivity index (χ4n) is 2.13. The van der Waals surface area contributed by atoms with E-state index in [0.29, 0.717) is 12.8 Å². The quantitative estimate of drug-likeness (QED) is 0.531. The molecule has 0 fully saturated rings.